The lowest BCUT2D eigenvalue weighted by atomic mass is 9.84. The molecule has 4 rings (SSSR count). The molecule has 1 aliphatic rings. The summed E-state index contributed by atoms with van der Waals surface area (Å²) < 4.78 is 10.8. The van der Waals surface area contributed by atoms with Crippen LogP contribution in [0.15, 0.2) is 57.9 Å². The summed E-state index contributed by atoms with van der Waals surface area (Å²) in [6, 6.07) is 11.8. The SMILES string of the molecule is CCOc1ccc(NC(=O)c2cc3c([nH]c2=O)CC(c2ccco2)CC3=O)cc1. The molecule has 0 aliphatic heterocycles. The average Bonchev–Trinajstić information content (AvgIpc) is 3.24. The van der Waals surface area contributed by atoms with Crippen molar-refractivity contribution in [2.75, 3.05) is 11.9 Å². The molecule has 2 N–H and O–H groups in total. The van der Waals surface area contributed by atoms with Crippen LogP contribution in [0.2, 0.25) is 0 Å². The Bertz CT molecular complexity index is 1100. The fourth-order valence-corrected chi connectivity index (χ4v) is 3.52. The van der Waals surface area contributed by atoms with Crippen LogP contribution in [0.4, 0.5) is 5.69 Å². The first-order valence-corrected chi connectivity index (χ1v) is 9.42. The number of fused-ring (bicyclic) bond motifs is 1. The smallest absolute Gasteiger partial charge is 0.261 e. The highest BCUT2D eigenvalue weighted by molar-refractivity contribution is 6.06. The topological polar surface area (TPSA) is 101 Å². The Labute approximate surface area is 166 Å². The van der Waals surface area contributed by atoms with E-state index in [0.717, 1.165) is 0 Å². The van der Waals surface area contributed by atoms with E-state index in [1.165, 1.54) is 6.07 Å². The molecule has 1 aromatic carbocycles. The molecule has 1 unspecified atom stereocenters. The summed E-state index contributed by atoms with van der Waals surface area (Å²) in [6.45, 7) is 2.43. The van der Waals surface area contributed by atoms with Crippen molar-refractivity contribution in [1.29, 1.82) is 0 Å². The number of carbonyl (C=O) groups is 2. The molecule has 7 heteroatoms. The fraction of sp³-hybridized carbons (Fsp3) is 0.227. The Hall–Kier alpha value is -3.61. The number of aromatic nitrogens is 1. The van der Waals surface area contributed by atoms with E-state index >= 15 is 0 Å². The zero-order chi connectivity index (χ0) is 20.4. The maximum absolute atomic E-state index is 12.6. The third-order valence-corrected chi connectivity index (χ3v) is 4.92. The maximum atomic E-state index is 12.6. The van der Waals surface area contributed by atoms with Gasteiger partial charge in [-0.05, 0) is 55.8 Å². The van der Waals surface area contributed by atoms with Crippen LogP contribution in [0.5, 0.6) is 5.75 Å². The molecule has 2 aromatic heterocycles. The summed E-state index contributed by atoms with van der Waals surface area (Å²) in [5, 5.41) is 2.68. The minimum atomic E-state index is -0.570. The fourth-order valence-electron chi connectivity index (χ4n) is 3.52. The molecule has 29 heavy (non-hydrogen) atoms. The predicted octanol–water partition coefficient (Wildman–Crippen LogP) is 3.53. The van der Waals surface area contributed by atoms with E-state index in [1.807, 2.05) is 13.0 Å². The lowest BCUT2D eigenvalue weighted by molar-refractivity contribution is 0.0959. The summed E-state index contributed by atoms with van der Waals surface area (Å²) in [6.07, 6.45) is 2.31. The largest absolute Gasteiger partial charge is 0.494 e. The summed E-state index contributed by atoms with van der Waals surface area (Å²) in [5.41, 5.74) is 0.816. The van der Waals surface area contributed by atoms with Crippen molar-refractivity contribution < 1.29 is 18.7 Å². The zero-order valence-electron chi connectivity index (χ0n) is 15.9. The zero-order valence-corrected chi connectivity index (χ0v) is 15.9. The highest BCUT2D eigenvalue weighted by Crippen LogP contribution is 2.31. The number of rotatable bonds is 5. The third kappa shape index (κ3) is 3.85. The van der Waals surface area contributed by atoms with Crippen LogP contribution in [0.3, 0.4) is 0 Å². The van der Waals surface area contributed by atoms with Gasteiger partial charge in [-0.15, -0.1) is 0 Å². The number of furan rings is 1. The van der Waals surface area contributed by atoms with Crippen LogP contribution in [-0.4, -0.2) is 23.3 Å². The van der Waals surface area contributed by atoms with E-state index < -0.39 is 11.5 Å². The molecule has 1 aliphatic carbocycles. The number of anilines is 1. The van der Waals surface area contributed by atoms with Gasteiger partial charge in [-0.2, -0.15) is 0 Å². The van der Waals surface area contributed by atoms with E-state index in [4.69, 9.17) is 9.15 Å². The monoisotopic (exact) mass is 392 g/mol. The van der Waals surface area contributed by atoms with E-state index in [9.17, 15) is 14.4 Å². The van der Waals surface area contributed by atoms with Crippen LogP contribution in [-0.2, 0) is 6.42 Å². The Morgan fingerprint density at radius 3 is 2.69 bits per heavy atom. The maximum Gasteiger partial charge on any atom is 0.261 e. The second-order valence-electron chi connectivity index (χ2n) is 6.86. The van der Waals surface area contributed by atoms with Crippen molar-refractivity contribution in [2.24, 2.45) is 0 Å². The van der Waals surface area contributed by atoms with Crippen molar-refractivity contribution in [3.8, 4) is 5.75 Å². The molecule has 0 bridgehead atoms. The normalized spacial score (nSPS) is 15.6. The van der Waals surface area contributed by atoms with Gasteiger partial charge >= 0.3 is 0 Å². The molecular weight excluding hydrogens is 372 g/mol. The van der Waals surface area contributed by atoms with Crippen molar-refractivity contribution in [2.45, 2.75) is 25.7 Å². The van der Waals surface area contributed by atoms with Crippen LogP contribution in [0.1, 0.15) is 51.4 Å². The minimum absolute atomic E-state index is 0.0950. The van der Waals surface area contributed by atoms with Crippen molar-refractivity contribution in [3.63, 3.8) is 0 Å². The summed E-state index contributed by atoms with van der Waals surface area (Å²) in [5.74, 6) is 0.582. The Balaban J connectivity index is 1.56. The van der Waals surface area contributed by atoms with Crippen molar-refractivity contribution >= 4 is 17.4 Å². The lowest BCUT2D eigenvalue weighted by Gasteiger charge is -2.22. The standard InChI is InChI=1S/C22H20N2O5/c1-2-28-15-7-5-14(6-8-15)23-21(26)17-12-16-18(24-22(17)27)10-13(11-19(16)25)20-4-3-9-29-20/h3-9,12-13H,2,10-11H2,1H3,(H,23,26)(H,24,27). The summed E-state index contributed by atoms with van der Waals surface area (Å²) >= 11 is 0. The first-order valence-electron chi connectivity index (χ1n) is 9.42. The van der Waals surface area contributed by atoms with Gasteiger partial charge in [-0.1, -0.05) is 0 Å². The van der Waals surface area contributed by atoms with E-state index in [0.29, 0.717) is 41.5 Å². The van der Waals surface area contributed by atoms with Gasteiger partial charge in [0.25, 0.3) is 11.5 Å². The molecule has 7 nitrogen and oxygen atoms in total. The number of amides is 1. The average molecular weight is 392 g/mol. The van der Waals surface area contributed by atoms with Gasteiger partial charge in [-0.25, -0.2) is 0 Å². The number of Topliss-reactive ketones (excluding diaryl/α,β-unsaturated/α-hetero) is 1. The number of nitrogens with one attached hydrogen (secondary N) is 2. The third-order valence-electron chi connectivity index (χ3n) is 4.92. The Morgan fingerprint density at radius 1 is 1.21 bits per heavy atom. The van der Waals surface area contributed by atoms with Gasteiger partial charge in [0.1, 0.15) is 17.1 Å². The second kappa shape index (κ2) is 7.79. The number of aromatic amines is 1. The van der Waals surface area contributed by atoms with Crippen LogP contribution < -0.4 is 15.6 Å². The quantitative estimate of drug-likeness (QED) is 0.692. The van der Waals surface area contributed by atoms with Gasteiger partial charge < -0.3 is 19.5 Å². The molecular formula is C22H20N2O5. The van der Waals surface area contributed by atoms with Gasteiger partial charge in [0, 0.05) is 29.3 Å². The van der Waals surface area contributed by atoms with Gasteiger partial charge in [-0.3, -0.25) is 14.4 Å². The molecule has 0 radical (unpaired) electrons. The van der Waals surface area contributed by atoms with Gasteiger partial charge in [0.15, 0.2) is 5.78 Å². The molecule has 2 heterocycles. The van der Waals surface area contributed by atoms with Crippen LogP contribution in [0, 0.1) is 0 Å². The molecule has 1 amide bonds. The number of hydrogen-bond donors (Lipinski definition) is 2. The number of carbonyl (C=O) groups excluding carboxylic acids is 2. The van der Waals surface area contributed by atoms with Gasteiger partial charge in [0.05, 0.1) is 12.9 Å². The van der Waals surface area contributed by atoms with Gasteiger partial charge in [0.2, 0.25) is 0 Å². The number of H-pyrrole nitrogens is 1. The number of pyridine rings is 1. The van der Waals surface area contributed by atoms with Crippen molar-refractivity contribution in [3.05, 3.63) is 81.7 Å². The van der Waals surface area contributed by atoms with E-state index in [-0.39, 0.29) is 23.7 Å². The highest BCUT2D eigenvalue weighted by atomic mass is 16.5. The summed E-state index contributed by atoms with van der Waals surface area (Å²) in [7, 11) is 0. The Morgan fingerprint density at radius 2 is 2.00 bits per heavy atom. The first kappa shape index (κ1) is 18.7. The molecule has 148 valence electrons. The molecule has 0 spiro atoms. The number of ketones is 1. The molecule has 0 saturated heterocycles. The molecule has 1 atom stereocenters. The predicted molar refractivity (Wildman–Crippen MR) is 107 cm³/mol. The molecule has 3 aromatic rings. The minimum Gasteiger partial charge on any atom is -0.494 e. The number of benzene rings is 1. The highest BCUT2D eigenvalue weighted by Gasteiger charge is 2.30. The second-order valence-corrected chi connectivity index (χ2v) is 6.86. The van der Waals surface area contributed by atoms with Crippen LogP contribution in [0.25, 0.3) is 0 Å². The number of ether oxygens (including phenoxy) is 1. The van der Waals surface area contributed by atoms with E-state index in [2.05, 4.69) is 10.3 Å². The Kier molecular flexibility index (Phi) is 5.03. The lowest BCUT2D eigenvalue weighted by Crippen LogP contribution is -2.29. The summed E-state index contributed by atoms with van der Waals surface area (Å²) in [4.78, 5) is 40.4. The number of hydrogen-bond acceptors (Lipinski definition) is 5. The van der Waals surface area contributed by atoms with Crippen LogP contribution >= 0.6 is 0 Å². The molecule has 0 saturated carbocycles. The van der Waals surface area contributed by atoms with Crippen molar-refractivity contribution in [1.82, 2.24) is 4.98 Å². The first-order chi connectivity index (χ1) is 14.0. The molecule has 0 fully saturated rings. The van der Waals surface area contributed by atoms with E-state index in [1.54, 1.807) is 36.6 Å².